The Hall–Kier alpha value is -1.49. The molecule has 0 N–H and O–H groups in total. The number of nitrogens with zero attached hydrogens (tertiary/aromatic N) is 2. The van der Waals surface area contributed by atoms with Crippen molar-refractivity contribution in [3.63, 3.8) is 0 Å². The number of carbonyl (C=O) groups excluding carboxylic acids is 3. The standard InChI is InChI=1S/C12H13ClN2O3/c1-6-9(12(13)15(2)14-6)11(18)10-7(16)4-3-5-8(10)17/h10H,3-5H2,1-2H3. The smallest absolute Gasteiger partial charge is 0.185 e. The third-order valence-electron chi connectivity index (χ3n) is 3.15. The van der Waals surface area contributed by atoms with Crippen LogP contribution in [0.15, 0.2) is 0 Å². The van der Waals surface area contributed by atoms with Crippen LogP contribution in [0, 0.1) is 12.8 Å². The average molecular weight is 269 g/mol. The summed E-state index contributed by atoms with van der Waals surface area (Å²) in [7, 11) is 1.61. The second-order valence-electron chi connectivity index (χ2n) is 4.46. The lowest BCUT2D eigenvalue weighted by Gasteiger charge is -2.17. The number of carbonyl (C=O) groups is 3. The number of halogens is 1. The zero-order valence-corrected chi connectivity index (χ0v) is 11.0. The molecule has 1 heterocycles. The van der Waals surface area contributed by atoms with E-state index in [-0.39, 0.29) is 35.1 Å². The van der Waals surface area contributed by atoms with Crippen molar-refractivity contribution < 1.29 is 14.4 Å². The second kappa shape index (κ2) is 4.65. The molecular weight excluding hydrogens is 256 g/mol. The van der Waals surface area contributed by atoms with Gasteiger partial charge in [0.15, 0.2) is 17.3 Å². The number of aromatic nitrogens is 2. The maximum Gasteiger partial charge on any atom is 0.185 e. The lowest BCUT2D eigenvalue weighted by molar-refractivity contribution is -0.133. The minimum absolute atomic E-state index is 0.170. The average Bonchev–Trinajstić information content (AvgIpc) is 2.52. The molecule has 0 radical (unpaired) electrons. The normalized spacial score (nSPS) is 17.3. The minimum atomic E-state index is -1.18. The van der Waals surface area contributed by atoms with Gasteiger partial charge < -0.3 is 0 Å². The summed E-state index contributed by atoms with van der Waals surface area (Å²) in [6.07, 6.45) is 1.08. The minimum Gasteiger partial charge on any atom is -0.298 e. The molecule has 5 nitrogen and oxygen atoms in total. The molecule has 2 rings (SSSR count). The van der Waals surface area contributed by atoms with E-state index < -0.39 is 11.7 Å². The first-order chi connectivity index (χ1) is 8.43. The number of hydrogen-bond donors (Lipinski definition) is 0. The number of ketones is 3. The highest BCUT2D eigenvalue weighted by atomic mass is 35.5. The van der Waals surface area contributed by atoms with Crippen molar-refractivity contribution in [3.05, 3.63) is 16.4 Å². The van der Waals surface area contributed by atoms with Gasteiger partial charge in [-0.1, -0.05) is 11.6 Å². The Labute approximate surface area is 109 Å². The van der Waals surface area contributed by atoms with Crippen LogP contribution in [0.3, 0.4) is 0 Å². The van der Waals surface area contributed by atoms with Gasteiger partial charge in [-0.05, 0) is 13.3 Å². The molecule has 0 saturated heterocycles. The van der Waals surface area contributed by atoms with Crippen LogP contribution in [0.1, 0.15) is 35.3 Å². The zero-order valence-electron chi connectivity index (χ0n) is 10.2. The molecule has 1 aliphatic carbocycles. The molecule has 1 aliphatic rings. The molecule has 1 aromatic heterocycles. The molecule has 1 aromatic rings. The summed E-state index contributed by atoms with van der Waals surface area (Å²) in [6.45, 7) is 1.64. The van der Waals surface area contributed by atoms with Gasteiger partial charge in [0.25, 0.3) is 0 Å². The molecule has 18 heavy (non-hydrogen) atoms. The van der Waals surface area contributed by atoms with E-state index in [4.69, 9.17) is 11.6 Å². The Morgan fingerprint density at radius 3 is 2.33 bits per heavy atom. The van der Waals surface area contributed by atoms with Gasteiger partial charge in [-0.15, -0.1) is 0 Å². The molecule has 1 saturated carbocycles. The Balaban J connectivity index is 2.41. The zero-order chi connectivity index (χ0) is 13.4. The van der Waals surface area contributed by atoms with Gasteiger partial charge in [-0.25, -0.2) is 0 Å². The molecule has 6 heteroatoms. The molecular formula is C12H13ClN2O3. The molecule has 0 aliphatic heterocycles. The second-order valence-corrected chi connectivity index (χ2v) is 4.82. The predicted octanol–water partition coefficient (Wildman–Crippen LogP) is 1.50. The van der Waals surface area contributed by atoms with Crippen LogP contribution in [0.25, 0.3) is 0 Å². The molecule has 0 unspecified atom stereocenters. The summed E-state index contributed by atoms with van der Waals surface area (Å²) in [5, 5.41) is 4.19. The fourth-order valence-electron chi connectivity index (χ4n) is 2.25. The highest BCUT2D eigenvalue weighted by Gasteiger charge is 2.38. The number of aryl methyl sites for hydroxylation is 2. The van der Waals surface area contributed by atoms with E-state index in [9.17, 15) is 14.4 Å². The molecule has 0 atom stereocenters. The van der Waals surface area contributed by atoms with Crippen LogP contribution in [-0.4, -0.2) is 27.1 Å². The summed E-state index contributed by atoms with van der Waals surface area (Å²) in [5.41, 5.74) is 0.631. The van der Waals surface area contributed by atoms with Crippen molar-refractivity contribution in [2.45, 2.75) is 26.2 Å². The Kier molecular flexibility index (Phi) is 3.34. The van der Waals surface area contributed by atoms with Crippen molar-refractivity contribution in [1.82, 2.24) is 9.78 Å². The monoisotopic (exact) mass is 268 g/mol. The Morgan fingerprint density at radius 2 is 1.89 bits per heavy atom. The van der Waals surface area contributed by atoms with Gasteiger partial charge in [0.2, 0.25) is 0 Å². The first kappa shape index (κ1) is 13.0. The topological polar surface area (TPSA) is 69.0 Å². The largest absolute Gasteiger partial charge is 0.298 e. The molecule has 96 valence electrons. The first-order valence-corrected chi connectivity index (χ1v) is 6.10. The third kappa shape index (κ3) is 1.99. The van der Waals surface area contributed by atoms with Crippen LogP contribution in [0.4, 0.5) is 0 Å². The van der Waals surface area contributed by atoms with Crippen molar-refractivity contribution in [1.29, 1.82) is 0 Å². The SMILES string of the molecule is Cc1nn(C)c(Cl)c1C(=O)C1C(=O)CCCC1=O. The quantitative estimate of drug-likeness (QED) is 0.602. The lowest BCUT2D eigenvalue weighted by atomic mass is 9.82. The van der Waals surface area contributed by atoms with Crippen LogP contribution in [0.2, 0.25) is 5.15 Å². The number of hydrogen-bond acceptors (Lipinski definition) is 4. The van der Waals surface area contributed by atoms with E-state index in [0.29, 0.717) is 12.1 Å². The van der Waals surface area contributed by atoms with E-state index in [2.05, 4.69) is 5.10 Å². The summed E-state index contributed by atoms with van der Waals surface area (Å²) in [5.74, 6) is -2.31. The van der Waals surface area contributed by atoms with Crippen molar-refractivity contribution in [2.24, 2.45) is 13.0 Å². The van der Waals surface area contributed by atoms with Crippen molar-refractivity contribution in [2.75, 3.05) is 0 Å². The van der Waals surface area contributed by atoms with Crippen LogP contribution < -0.4 is 0 Å². The van der Waals surface area contributed by atoms with Crippen LogP contribution in [0.5, 0.6) is 0 Å². The summed E-state index contributed by atoms with van der Waals surface area (Å²) >= 11 is 5.98. The maximum atomic E-state index is 12.3. The Bertz CT molecular complexity index is 532. The van der Waals surface area contributed by atoms with Crippen molar-refractivity contribution in [3.8, 4) is 0 Å². The van der Waals surface area contributed by atoms with Gasteiger partial charge in [0.1, 0.15) is 11.1 Å². The Morgan fingerprint density at radius 1 is 1.33 bits per heavy atom. The summed E-state index contributed by atoms with van der Waals surface area (Å²) < 4.78 is 1.36. The molecule has 0 aromatic carbocycles. The van der Waals surface area contributed by atoms with Gasteiger partial charge >= 0.3 is 0 Å². The lowest BCUT2D eigenvalue weighted by Crippen LogP contribution is -2.35. The van der Waals surface area contributed by atoms with Crippen LogP contribution in [-0.2, 0) is 16.6 Å². The highest BCUT2D eigenvalue weighted by molar-refractivity contribution is 6.35. The van der Waals surface area contributed by atoms with Gasteiger partial charge in [-0.3, -0.25) is 19.1 Å². The molecule has 0 amide bonds. The number of rotatable bonds is 2. The van der Waals surface area contributed by atoms with Crippen LogP contribution >= 0.6 is 11.6 Å². The highest BCUT2D eigenvalue weighted by Crippen LogP contribution is 2.26. The molecule has 1 fully saturated rings. The van der Waals surface area contributed by atoms with E-state index in [1.54, 1.807) is 14.0 Å². The van der Waals surface area contributed by atoms with E-state index in [1.165, 1.54) is 4.68 Å². The van der Waals surface area contributed by atoms with E-state index >= 15 is 0 Å². The van der Waals surface area contributed by atoms with Gasteiger partial charge in [-0.2, -0.15) is 5.10 Å². The summed E-state index contributed by atoms with van der Waals surface area (Å²) in [6, 6.07) is 0. The fraction of sp³-hybridized carbons (Fsp3) is 0.500. The fourth-order valence-corrected chi connectivity index (χ4v) is 2.52. The third-order valence-corrected chi connectivity index (χ3v) is 3.58. The van der Waals surface area contributed by atoms with Crippen molar-refractivity contribution >= 4 is 29.0 Å². The number of Topliss-reactive ketones (excluding diaryl/α,β-unsaturated/α-hetero) is 3. The van der Waals surface area contributed by atoms with E-state index in [0.717, 1.165) is 0 Å². The first-order valence-electron chi connectivity index (χ1n) is 5.72. The van der Waals surface area contributed by atoms with Gasteiger partial charge in [0, 0.05) is 19.9 Å². The maximum absolute atomic E-state index is 12.3. The van der Waals surface area contributed by atoms with E-state index in [1.807, 2.05) is 0 Å². The molecule has 0 bridgehead atoms. The summed E-state index contributed by atoms with van der Waals surface area (Å²) in [4.78, 5) is 35.8. The van der Waals surface area contributed by atoms with Gasteiger partial charge in [0.05, 0.1) is 11.3 Å². The molecule has 0 spiro atoms. The predicted molar refractivity (Wildman–Crippen MR) is 64.6 cm³/mol.